The second kappa shape index (κ2) is 4.24. The Morgan fingerprint density at radius 1 is 1.59 bits per heavy atom. The van der Waals surface area contributed by atoms with E-state index < -0.39 is 14.8 Å². The van der Waals surface area contributed by atoms with Crippen LogP contribution in [0.5, 0.6) is 0 Å². The first kappa shape index (κ1) is 13.3. The minimum Gasteiger partial charge on any atom is -0.409 e. The molecule has 0 aliphatic heterocycles. The molecule has 0 fully saturated rings. The van der Waals surface area contributed by atoms with Crippen LogP contribution in [0.1, 0.15) is 26.3 Å². The fraction of sp³-hybridized carbons (Fsp3) is 0.500. The van der Waals surface area contributed by atoms with Crippen molar-refractivity contribution in [3.8, 4) is 0 Å². The van der Waals surface area contributed by atoms with Crippen LogP contribution in [0.3, 0.4) is 0 Å². The zero-order chi connectivity index (χ0) is 13.3. The molecule has 8 nitrogen and oxygen atoms in total. The normalized spacial score (nSPS) is 13.7. The number of sulfonamides is 1. The summed E-state index contributed by atoms with van der Waals surface area (Å²) in [4.78, 5) is 0. The maximum Gasteiger partial charge on any atom is 0.238 e. The van der Waals surface area contributed by atoms with Crippen LogP contribution in [-0.2, 0) is 10.0 Å². The van der Waals surface area contributed by atoms with Gasteiger partial charge in [-0.05, 0) is 20.8 Å². The summed E-state index contributed by atoms with van der Waals surface area (Å²) in [6.07, 6.45) is 1.26. The van der Waals surface area contributed by atoms with E-state index in [-0.39, 0.29) is 17.2 Å². The Balaban J connectivity index is 3.11. The number of nitrogens with one attached hydrogen (secondary N) is 2. The van der Waals surface area contributed by atoms with Crippen molar-refractivity contribution in [3.05, 3.63) is 11.8 Å². The third-order valence-electron chi connectivity index (χ3n) is 2.07. The van der Waals surface area contributed by atoms with Crippen LogP contribution in [-0.4, -0.2) is 34.4 Å². The molecule has 0 spiro atoms. The third-order valence-corrected chi connectivity index (χ3v) is 4.15. The molecule has 1 aromatic rings. The van der Waals surface area contributed by atoms with Crippen molar-refractivity contribution in [2.24, 2.45) is 10.9 Å². The quantitative estimate of drug-likeness (QED) is 0.264. The molecule has 1 rings (SSSR count). The van der Waals surface area contributed by atoms with Gasteiger partial charge in [-0.15, -0.1) is 0 Å². The molecule has 0 saturated carbocycles. The van der Waals surface area contributed by atoms with Crippen LogP contribution in [0.2, 0.25) is 0 Å². The lowest BCUT2D eigenvalue weighted by atomic mass is 10.3. The number of amidine groups is 1. The minimum atomic E-state index is -3.60. The number of aromatic amines is 1. The lowest BCUT2D eigenvalue weighted by molar-refractivity contribution is 0.318. The van der Waals surface area contributed by atoms with Gasteiger partial charge >= 0.3 is 0 Å². The lowest BCUT2D eigenvalue weighted by Gasteiger charge is -2.19. The van der Waals surface area contributed by atoms with Crippen molar-refractivity contribution in [1.29, 1.82) is 0 Å². The molecular formula is C8H15N5O3S. The molecule has 0 radical (unpaired) electrons. The van der Waals surface area contributed by atoms with Gasteiger partial charge in [-0.1, -0.05) is 5.16 Å². The summed E-state index contributed by atoms with van der Waals surface area (Å²) in [5, 5.41) is 17.4. The molecule has 9 heteroatoms. The van der Waals surface area contributed by atoms with Crippen LogP contribution in [0.15, 0.2) is 11.4 Å². The van der Waals surface area contributed by atoms with Crippen molar-refractivity contribution in [1.82, 2.24) is 10.2 Å². The van der Waals surface area contributed by atoms with E-state index >= 15 is 0 Å². The van der Waals surface area contributed by atoms with Crippen molar-refractivity contribution in [2.45, 2.75) is 25.5 Å². The highest BCUT2D eigenvalue weighted by Crippen LogP contribution is 2.20. The zero-order valence-corrected chi connectivity index (χ0v) is 10.5. The molecule has 0 aliphatic rings. The minimum absolute atomic E-state index is 0.0650. The van der Waals surface area contributed by atoms with E-state index in [2.05, 4.69) is 20.1 Å². The Kier molecular flexibility index (Phi) is 3.32. The summed E-state index contributed by atoms with van der Waals surface area (Å²) in [6, 6.07) is 0. The lowest BCUT2D eigenvalue weighted by Crippen LogP contribution is -2.34. The van der Waals surface area contributed by atoms with Gasteiger partial charge in [0, 0.05) is 0 Å². The number of anilines is 1. The number of rotatable bonds is 3. The summed E-state index contributed by atoms with van der Waals surface area (Å²) in [7, 11) is -3.60. The third kappa shape index (κ3) is 2.67. The number of oxime groups is 1. The predicted molar refractivity (Wildman–Crippen MR) is 63.4 cm³/mol. The smallest absolute Gasteiger partial charge is 0.238 e. The molecule has 0 atom stereocenters. The molecule has 96 valence electrons. The van der Waals surface area contributed by atoms with Crippen LogP contribution in [0.4, 0.5) is 5.82 Å². The van der Waals surface area contributed by atoms with Crippen molar-refractivity contribution in [3.63, 3.8) is 0 Å². The van der Waals surface area contributed by atoms with E-state index in [1.54, 1.807) is 20.8 Å². The number of hydrogen-bond donors (Lipinski definition) is 4. The maximum absolute atomic E-state index is 11.9. The Hall–Kier alpha value is -1.77. The molecule has 0 amide bonds. The number of H-pyrrole nitrogens is 1. The van der Waals surface area contributed by atoms with Gasteiger partial charge in [0.05, 0.1) is 16.5 Å². The molecule has 0 unspecified atom stereocenters. The van der Waals surface area contributed by atoms with Gasteiger partial charge in [-0.2, -0.15) is 5.10 Å². The van der Waals surface area contributed by atoms with Gasteiger partial charge in [-0.3, -0.25) is 9.82 Å². The van der Waals surface area contributed by atoms with E-state index in [1.807, 2.05) is 0 Å². The largest absolute Gasteiger partial charge is 0.409 e. The number of nitrogens with zero attached hydrogens (tertiary/aromatic N) is 2. The summed E-state index contributed by atoms with van der Waals surface area (Å²) >= 11 is 0. The Morgan fingerprint density at radius 2 is 2.18 bits per heavy atom. The van der Waals surface area contributed by atoms with Crippen LogP contribution >= 0.6 is 0 Å². The number of aromatic nitrogens is 2. The van der Waals surface area contributed by atoms with E-state index in [0.29, 0.717) is 0 Å². The first-order chi connectivity index (χ1) is 7.69. The van der Waals surface area contributed by atoms with Crippen LogP contribution in [0, 0.1) is 0 Å². The van der Waals surface area contributed by atoms with Gasteiger partial charge < -0.3 is 10.9 Å². The SMILES string of the molecule is CC(C)(C)S(=O)(=O)Nc1[nH]ncc1C(N)=NO. The summed E-state index contributed by atoms with van der Waals surface area (Å²) in [5.41, 5.74) is 5.55. The zero-order valence-electron chi connectivity index (χ0n) is 9.72. The van der Waals surface area contributed by atoms with Crippen LogP contribution < -0.4 is 10.5 Å². The number of nitrogens with two attached hydrogens (primary N) is 1. The van der Waals surface area contributed by atoms with Gasteiger partial charge in [0.2, 0.25) is 10.0 Å². The van der Waals surface area contributed by atoms with Crippen molar-refractivity contribution < 1.29 is 13.6 Å². The molecule has 1 aromatic heterocycles. The van der Waals surface area contributed by atoms with E-state index in [9.17, 15) is 8.42 Å². The second-order valence-electron chi connectivity index (χ2n) is 4.36. The van der Waals surface area contributed by atoms with Gasteiger partial charge in [0.15, 0.2) is 5.84 Å². The highest BCUT2D eigenvalue weighted by molar-refractivity contribution is 7.94. The monoisotopic (exact) mass is 261 g/mol. The first-order valence-electron chi connectivity index (χ1n) is 4.72. The first-order valence-corrected chi connectivity index (χ1v) is 6.21. The molecule has 0 aromatic carbocycles. The summed E-state index contributed by atoms with van der Waals surface area (Å²) < 4.78 is 25.1. The predicted octanol–water partition coefficient (Wildman–Crippen LogP) is 0.0444. The molecule has 0 aliphatic carbocycles. The van der Waals surface area contributed by atoms with Gasteiger partial charge in [-0.25, -0.2) is 8.42 Å². The summed E-state index contributed by atoms with van der Waals surface area (Å²) in [5.74, 6) is -0.166. The van der Waals surface area contributed by atoms with E-state index in [0.717, 1.165) is 0 Å². The standard InChI is InChI=1S/C8H15N5O3S/c1-8(2,3)17(15,16)13-7-5(4-10-11-7)6(9)12-14/h4,14H,1-3H3,(H2,9,12)(H2,10,11,13). The topological polar surface area (TPSA) is 133 Å². The molecule has 0 saturated heterocycles. The van der Waals surface area contributed by atoms with Gasteiger partial charge in [0.1, 0.15) is 5.82 Å². The molecular weight excluding hydrogens is 246 g/mol. The Labute approximate surface area is 98.9 Å². The van der Waals surface area contributed by atoms with E-state index in [4.69, 9.17) is 10.9 Å². The summed E-state index contributed by atoms with van der Waals surface area (Å²) in [6.45, 7) is 4.65. The van der Waals surface area contributed by atoms with Crippen LogP contribution in [0.25, 0.3) is 0 Å². The van der Waals surface area contributed by atoms with Crippen molar-refractivity contribution in [2.75, 3.05) is 4.72 Å². The molecule has 17 heavy (non-hydrogen) atoms. The number of hydrogen-bond acceptors (Lipinski definition) is 5. The van der Waals surface area contributed by atoms with Gasteiger partial charge in [0.25, 0.3) is 0 Å². The maximum atomic E-state index is 11.9. The second-order valence-corrected chi connectivity index (χ2v) is 6.80. The van der Waals surface area contributed by atoms with E-state index in [1.165, 1.54) is 6.20 Å². The Morgan fingerprint density at radius 3 is 2.65 bits per heavy atom. The molecule has 5 N–H and O–H groups in total. The molecule has 1 heterocycles. The Bertz CT molecular complexity index is 526. The highest BCUT2D eigenvalue weighted by Gasteiger charge is 2.30. The average Bonchev–Trinajstić information content (AvgIpc) is 2.62. The fourth-order valence-corrected chi connectivity index (χ4v) is 1.63. The molecule has 0 bridgehead atoms. The average molecular weight is 261 g/mol. The highest BCUT2D eigenvalue weighted by atomic mass is 32.2. The van der Waals surface area contributed by atoms with Crippen molar-refractivity contribution >= 4 is 21.7 Å². The fourth-order valence-electron chi connectivity index (χ4n) is 0.899.